The summed E-state index contributed by atoms with van der Waals surface area (Å²) in [5.41, 5.74) is 3.61. The molecule has 5 atom stereocenters. The van der Waals surface area contributed by atoms with Gasteiger partial charge in [0.15, 0.2) is 11.5 Å². The second-order valence-corrected chi connectivity index (χ2v) is 9.54. The first-order chi connectivity index (χ1) is 15.5. The number of nitrogens with zero attached hydrogens (tertiary/aromatic N) is 1. The summed E-state index contributed by atoms with van der Waals surface area (Å²) in [7, 11) is 2.19. The van der Waals surface area contributed by atoms with E-state index in [1.54, 1.807) is 6.92 Å². The van der Waals surface area contributed by atoms with Crippen molar-refractivity contribution in [3.05, 3.63) is 76.9 Å². The number of hydrogen-bond donors (Lipinski definition) is 1. The molecule has 2 aliphatic carbocycles. The number of esters is 1. The number of rotatable bonds is 3. The summed E-state index contributed by atoms with van der Waals surface area (Å²) in [6.07, 6.45) is 6.73. The molecule has 5 nitrogen and oxygen atoms in total. The molecule has 1 spiro atoms. The quantitative estimate of drug-likeness (QED) is 0.350. The zero-order valence-corrected chi connectivity index (χ0v) is 18.3. The predicted molar refractivity (Wildman–Crippen MR) is 122 cm³/mol. The summed E-state index contributed by atoms with van der Waals surface area (Å²) in [5, 5.41) is 10.8. The number of likely N-dealkylation sites (N-methyl/N-ethyl adjacent to an activating group) is 1. The Morgan fingerprint density at radius 1 is 1.22 bits per heavy atom. The second-order valence-electron chi connectivity index (χ2n) is 9.54. The lowest BCUT2D eigenvalue weighted by molar-refractivity contribution is -0.130. The predicted octanol–water partition coefficient (Wildman–Crippen LogP) is 3.50. The minimum absolute atomic E-state index is 0.258. The van der Waals surface area contributed by atoms with Gasteiger partial charge in [-0.1, -0.05) is 48.6 Å². The highest BCUT2D eigenvalue weighted by Crippen LogP contribution is 2.62. The fourth-order valence-electron chi connectivity index (χ4n) is 6.35. The van der Waals surface area contributed by atoms with E-state index < -0.39 is 12.1 Å². The average Bonchev–Trinajstić information content (AvgIpc) is 3.15. The molecular formula is C27H27NO4. The van der Waals surface area contributed by atoms with Gasteiger partial charge < -0.3 is 19.5 Å². The molecule has 0 amide bonds. The third kappa shape index (κ3) is 2.68. The molecule has 2 aromatic rings. The highest BCUT2D eigenvalue weighted by molar-refractivity contribution is 5.94. The fraction of sp³-hybridized carbons (Fsp3) is 0.370. The van der Waals surface area contributed by atoms with Crippen molar-refractivity contribution < 1.29 is 19.4 Å². The van der Waals surface area contributed by atoms with Crippen molar-refractivity contribution in [2.24, 2.45) is 5.92 Å². The van der Waals surface area contributed by atoms with E-state index >= 15 is 0 Å². The molecule has 4 aliphatic rings. The maximum absolute atomic E-state index is 12.9. The Morgan fingerprint density at radius 3 is 2.84 bits per heavy atom. The van der Waals surface area contributed by atoms with Crippen molar-refractivity contribution in [1.82, 2.24) is 4.90 Å². The van der Waals surface area contributed by atoms with Crippen LogP contribution in [0.1, 0.15) is 30.0 Å². The Labute approximate surface area is 188 Å². The average molecular weight is 430 g/mol. The van der Waals surface area contributed by atoms with Crippen LogP contribution in [-0.2, 0) is 16.6 Å². The Hall–Kier alpha value is -2.89. The van der Waals surface area contributed by atoms with E-state index in [0.717, 1.165) is 30.5 Å². The molecule has 164 valence electrons. The molecule has 0 aromatic heterocycles. The van der Waals surface area contributed by atoms with Crippen molar-refractivity contribution >= 4 is 12.0 Å². The normalized spacial score (nSPS) is 32.3. The van der Waals surface area contributed by atoms with Gasteiger partial charge in [-0.25, -0.2) is 4.79 Å². The van der Waals surface area contributed by atoms with Gasteiger partial charge in [-0.3, -0.25) is 0 Å². The van der Waals surface area contributed by atoms with Gasteiger partial charge in [0, 0.05) is 28.5 Å². The largest absolute Gasteiger partial charge is 0.482 e. The van der Waals surface area contributed by atoms with E-state index in [2.05, 4.69) is 24.1 Å². The van der Waals surface area contributed by atoms with Crippen molar-refractivity contribution in [3.8, 4) is 11.5 Å². The lowest BCUT2D eigenvalue weighted by atomic mass is 9.53. The number of piperidine rings is 1. The Balaban J connectivity index is 1.39. The molecule has 1 N–H and O–H groups in total. The SMILES string of the molecule is C/C(=C\c1ccccc1)C(=O)Oc1ccc2c3c1O[C@H]1[C@@H](O)C=C[C@H]4[C@@H](C2)N(C)CC[C@@]341. The first-order valence-electron chi connectivity index (χ1n) is 11.3. The topological polar surface area (TPSA) is 59.0 Å². The van der Waals surface area contributed by atoms with E-state index in [9.17, 15) is 9.90 Å². The van der Waals surface area contributed by atoms with Crippen LogP contribution in [-0.4, -0.2) is 47.8 Å². The molecule has 2 heterocycles. The Morgan fingerprint density at radius 2 is 2.03 bits per heavy atom. The number of carbonyl (C=O) groups is 1. The second kappa shape index (κ2) is 7.06. The molecule has 1 saturated heterocycles. The molecule has 32 heavy (non-hydrogen) atoms. The molecule has 0 saturated carbocycles. The third-order valence-corrected chi connectivity index (χ3v) is 7.84. The van der Waals surface area contributed by atoms with E-state index in [1.165, 1.54) is 5.56 Å². The molecule has 1 fully saturated rings. The van der Waals surface area contributed by atoms with Gasteiger partial charge in [0.2, 0.25) is 0 Å². The van der Waals surface area contributed by atoms with Gasteiger partial charge in [0.1, 0.15) is 12.2 Å². The smallest absolute Gasteiger partial charge is 0.339 e. The first kappa shape index (κ1) is 19.8. The highest BCUT2D eigenvalue weighted by atomic mass is 16.6. The summed E-state index contributed by atoms with van der Waals surface area (Å²) in [4.78, 5) is 15.3. The number of carbonyl (C=O) groups excluding carboxylic acids is 1. The van der Waals surface area contributed by atoms with Crippen LogP contribution in [0, 0.1) is 5.92 Å². The Bertz CT molecular complexity index is 1150. The van der Waals surface area contributed by atoms with Crippen LogP contribution in [0.15, 0.2) is 60.2 Å². The van der Waals surface area contributed by atoms with Crippen molar-refractivity contribution in [2.75, 3.05) is 13.6 Å². The third-order valence-electron chi connectivity index (χ3n) is 7.84. The van der Waals surface area contributed by atoms with Crippen LogP contribution in [0.4, 0.5) is 0 Å². The summed E-state index contributed by atoms with van der Waals surface area (Å²) < 4.78 is 12.3. The molecule has 2 aromatic carbocycles. The van der Waals surface area contributed by atoms with E-state index in [-0.39, 0.29) is 17.4 Å². The molecule has 5 heteroatoms. The van der Waals surface area contributed by atoms with Crippen LogP contribution < -0.4 is 9.47 Å². The minimum Gasteiger partial charge on any atom is -0.482 e. The van der Waals surface area contributed by atoms with Crippen molar-refractivity contribution in [3.63, 3.8) is 0 Å². The lowest BCUT2D eigenvalue weighted by Gasteiger charge is -2.56. The zero-order chi connectivity index (χ0) is 22.0. The number of aliphatic hydroxyl groups is 1. The van der Waals surface area contributed by atoms with Crippen molar-refractivity contribution in [2.45, 2.75) is 43.4 Å². The summed E-state index contributed by atoms with van der Waals surface area (Å²) in [6.45, 7) is 2.72. The van der Waals surface area contributed by atoms with Crippen LogP contribution >= 0.6 is 0 Å². The summed E-state index contributed by atoms with van der Waals surface area (Å²) in [5.74, 6) is 0.980. The fourth-order valence-corrected chi connectivity index (χ4v) is 6.35. The molecule has 2 aliphatic heterocycles. The van der Waals surface area contributed by atoms with Crippen molar-refractivity contribution in [1.29, 1.82) is 0 Å². The van der Waals surface area contributed by atoms with E-state index in [0.29, 0.717) is 23.1 Å². The van der Waals surface area contributed by atoms with Gasteiger partial charge in [0.05, 0.1) is 0 Å². The van der Waals surface area contributed by atoms with Crippen LogP contribution in [0.3, 0.4) is 0 Å². The minimum atomic E-state index is -0.670. The monoisotopic (exact) mass is 429 g/mol. The number of benzene rings is 2. The van der Waals surface area contributed by atoms with Crippen LogP contribution in [0.25, 0.3) is 6.08 Å². The molecular weight excluding hydrogens is 402 g/mol. The van der Waals surface area contributed by atoms with E-state index in [1.807, 2.05) is 48.6 Å². The molecule has 2 bridgehead atoms. The lowest BCUT2D eigenvalue weighted by Crippen LogP contribution is -2.64. The van der Waals surface area contributed by atoms with Crippen LogP contribution in [0.5, 0.6) is 11.5 Å². The Kier molecular flexibility index (Phi) is 4.36. The van der Waals surface area contributed by atoms with Gasteiger partial charge in [-0.15, -0.1) is 0 Å². The number of aliphatic hydroxyl groups excluding tert-OH is 1. The van der Waals surface area contributed by atoms with Gasteiger partial charge >= 0.3 is 5.97 Å². The van der Waals surface area contributed by atoms with Crippen LogP contribution in [0.2, 0.25) is 0 Å². The first-order valence-corrected chi connectivity index (χ1v) is 11.3. The van der Waals surface area contributed by atoms with Gasteiger partial charge in [-0.2, -0.15) is 0 Å². The summed E-state index contributed by atoms with van der Waals surface area (Å²) >= 11 is 0. The molecule has 0 radical (unpaired) electrons. The van der Waals surface area contributed by atoms with Gasteiger partial charge in [-0.05, 0) is 56.6 Å². The number of hydrogen-bond acceptors (Lipinski definition) is 5. The zero-order valence-electron chi connectivity index (χ0n) is 18.3. The standard InChI is InChI=1S/C27H27NO4/c1-16(14-17-6-4-3-5-7-17)26(30)31-22-11-8-18-15-20-19-9-10-21(29)25-27(19,12-13-28(20)2)23(18)24(22)32-25/h3-11,14,19-21,25,29H,12-13,15H2,1-2H3/b16-14+/t19-,20+,21-,25-,27-/m0/s1. The number of ether oxygens (including phenoxy) is 2. The van der Waals surface area contributed by atoms with Gasteiger partial charge in [0.25, 0.3) is 0 Å². The summed E-state index contributed by atoms with van der Waals surface area (Å²) in [6, 6.07) is 14.0. The molecule has 6 rings (SSSR count). The maximum atomic E-state index is 12.9. The number of likely N-dealkylation sites (tertiary alicyclic amines) is 1. The highest BCUT2D eigenvalue weighted by Gasteiger charge is 2.64. The van der Waals surface area contributed by atoms with E-state index in [4.69, 9.17) is 9.47 Å². The molecule has 0 unspecified atom stereocenters. The maximum Gasteiger partial charge on any atom is 0.339 e.